The van der Waals surface area contributed by atoms with E-state index >= 15 is 0 Å². The highest BCUT2D eigenvalue weighted by Crippen LogP contribution is 2.34. The van der Waals surface area contributed by atoms with Crippen LogP contribution in [-0.4, -0.2) is 54.7 Å². The maximum Gasteiger partial charge on any atom is 0.251 e. The van der Waals surface area contributed by atoms with Crippen LogP contribution < -0.4 is 30.3 Å². The molecule has 0 radical (unpaired) electrons. The lowest BCUT2D eigenvalue weighted by molar-refractivity contribution is 0.0963. The Labute approximate surface area is 243 Å². The molecule has 10 heteroatoms. The van der Waals surface area contributed by atoms with Gasteiger partial charge in [0.05, 0.1) is 14.2 Å². The summed E-state index contributed by atoms with van der Waals surface area (Å²) in [4.78, 5) is 28.4. The van der Waals surface area contributed by atoms with Crippen LogP contribution in [0.3, 0.4) is 0 Å². The number of rotatable bonds is 9. The van der Waals surface area contributed by atoms with E-state index in [0.717, 1.165) is 42.9 Å². The van der Waals surface area contributed by atoms with Gasteiger partial charge in [0, 0.05) is 38.3 Å². The van der Waals surface area contributed by atoms with E-state index in [0.29, 0.717) is 42.5 Å². The molecular weight excluding hydrogens is 518 g/mol. The van der Waals surface area contributed by atoms with Crippen molar-refractivity contribution in [1.82, 2.24) is 20.3 Å². The Morgan fingerprint density at radius 1 is 0.927 bits per heavy atom. The van der Waals surface area contributed by atoms with Crippen molar-refractivity contribution in [3.05, 3.63) is 58.7 Å². The quantitative estimate of drug-likeness (QED) is 0.325. The number of ether oxygens (including phenoxy) is 2. The van der Waals surface area contributed by atoms with E-state index in [1.54, 1.807) is 21.3 Å². The molecule has 0 atom stereocenters. The van der Waals surface area contributed by atoms with Crippen molar-refractivity contribution in [2.75, 3.05) is 43.3 Å². The average molecular weight is 562 g/mol. The van der Waals surface area contributed by atoms with Crippen LogP contribution in [0.2, 0.25) is 0 Å². The van der Waals surface area contributed by atoms with E-state index in [1.165, 1.54) is 30.4 Å². The fourth-order valence-corrected chi connectivity index (χ4v) is 5.23. The number of carbonyl (C=O) groups excluding carboxylic acids is 1. The Balaban J connectivity index is 0.00000189. The summed E-state index contributed by atoms with van der Waals surface area (Å²) in [5, 5.41) is 9.58. The van der Waals surface area contributed by atoms with Gasteiger partial charge < -0.3 is 30.3 Å². The van der Waals surface area contributed by atoms with Crippen LogP contribution in [0.15, 0.2) is 36.4 Å². The minimum atomic E-state index is -0.103. The Kier molecular flexibility index (Phi) is 10.6. The molecule has 1 aliphatic carbocycles. The third kappa shape index (κ3) is 7.56. The summed E-state index contributed by atoms with van der Waals surface area (Å²) < 4.78 is 11.0. The number of aromatic nitrogens is 3. The summed E-state index contributed by atoms with van der Waals surface area (Å²) in [6, 6.07) is 12.0. The normalized spacial score (nSPS) is 14.7. The van der Waals surface area contributed by atoms with Crippen LogP contribution in [0.4, 0.5) is 17.8 Å². The van der Waals surface area contributed by atoms with E-state index in [1.807, 2.05) is 44.2 Å². The molecular formula is C31H43N7O3. The Bertz CT molecular complexity index is 1290. The van der Waals surface area contributed by atoms with E-state index in [2.05, 4.69) is 26.9 Å². The summed E-state index contributed by atoms with van der Waals surface area (Å²) in [5.74, 6) is 3.13. The first kappa shape index (κ1) is 29.9. The molecule has 1 amide bonds. The summed E-state index contributed by atoms with van der Waals surface area (Å²) in [6.45, 7) is 5.99. The first-order valence-electron chi connectivity index (χ1n) is 14.6. The van der Waals surface area contributed by atoms with Crippen LogP contribution >= 0.6 is 0 Å². The molecule has 0 unspecified atom stereocenters. The number of benzene rings is 2. The first-order chi connectivity index (χ1) is 20.1. The Morgan fingerprint density at radius 2 is 1.59 bits per heavy atom. The Hall–Kier alpha value is -4.08. The van der Waals surface area contributed by atoms with Gasteiger partial charge in [0.25, 0.3) is 5.91 Å². The molecule has 41 heavy (non-hydrogen) atoms. The van der Waals surface area contributed by atoms with Gasteiger partial charge in [0.1, 0.15) is 0 Å². The highest BCUT2D eigenvalue weighted by molar-refractivity contribution is 5.93. The lowest BCUT2D eigenvalue weighted by atomic mass is 9.96. The number of nitrogens with zero attached hydrogens (tertiary/aromatic N) is 4. The third-order valence-electron chi connectivity index (χ3n) is 7.46. The number of anilines is 3. The molecule has 3 aromatic rings. The molecule has 3 N–H and O–H groups in total. The minimum Gasteiger partial charge on any atom is -0.493 e. The predicted octanol–water partition coefficient (Wildman–Crippen LogP) is 5.19. The van der Waals surface area contributed by atoms with Crippen molar-refractivity contribution in [3.63, 3.8) is 0 Å². The molecule has 2 aromatic carbocycles. The second kappa shape index (κ2) is 14.5. The summed E-state index contributed by atoms with van der Waals surface area (Å²) in [7, 11) is 4.95. The number of amides is 1. The fraction of sp³-hybridized carbons (Fsp3) is 0.484. The third-order valence-corrected chi connectivity index (χ3v) is 7.46. The highest BCUT2D eigenvalue weighted by atomic mass is 16.5. The van der Waals surface area contributed by atoms with Gasteiger partial charge in [0.2, 0.25) is 17.8 Å². The monoisotopic (exact) mass is 561 g/mol. The van der Waals surface area contributed by atoms with Gasteiger partial charge in [-0.25, -0.2) is 0 Å². The SMILES string of the molecule is CC.CNC(=O)c1ccc(CNc2nc(NC3CCCCC3)nc(N3CCc4cc(OC)c(OC)cc4C3)n2)cc1. The van der Waals surface area contributed by atoms with Crippen molar-refractivity contribution < 1.29 is 14.3 Å². The van der Waals surface area contributed by atoms with Crippen LogP contribution in [0, 0.1) is 0 Å². The zero-order valence-corrected chi connectivity index (χ0v) is 24.9. The topological polar surface area (TPSA) is 114 Å². The fourth-order valence-electron chi connectivity index (χ4n) is 5.23. The van der Waals surface area contributed by atoms with Gasteiger partial charge in [0.15, 0.2) is 11.5 Å². The lowest BCUT2D eigenvalue weighted by Gasteiger charge is -2.30. The van der Waals surface area contributed by atoms with E-state index in [9.17, 15) is 4.79 Å². The van der Waals surface area contributed by atoms with Crippen LogP contribution in [0.1, 0.15) is 73.0 Å². The molecule has 0 saturated heterocycles. The van der Waals surface area contributed by atoms with Gasteiger partial charge in [-0.3, -0.25) is 4.79 Å². The largest absolute Gasteiger partial charge is 0.493 e. The molecule has 1 saturated carbocycles. The van der Waals surface area contributed by atoms with Gasteiger partial charge in [-0.1, -0.05) is 45.2 Å². The number of hydrogen-bond acceptors (Lipinski definition) is 9. The standard InChI is InChI=1S/C29H37N7O3.C2H6/c1-30-26(37)20-11-9-19(10-12-20)17-31-27-33-28(32-23-7-5-4-6-8-23)35-29(34-27)36-14-13-21-15-24(38-2)25(39-3)16-22(21)18-36;1-2/h9-12,15-16,23H,4-8,13-14,17-18H2,1-3H3,(H,30,37)(H2,31,32,33,34,35);1-2H3. The van der Waals surface area contributed by atoms with Gasteiger partial charge in [-0.05, 0) is 60.2 Å². The number of carbonyl (C=O) groups is 1. The van der Waals surface area contributed by atoms with Gasteiger partial charge in [-0.2, -0.15) is 15.0 Å². The summed E-state index contributed by atoms with van der Waals surface area (Å²) >= 11 is 0. The van der Waals surface area contributed by atoms with E-state index < -0.39 is 0 Å². The maximum atomic E-state index is 11.9. The molecule has 0 spiro atoms. The summed E-state index contributed by atoms with van der Waals surface area (Å²) in [5.41, 5.74) is 4.07. The van der Waals surface area contributed by atoms with Gasteiger partial charge >= 0.3 is 0 Å². The second-order valence-corrected chi connectivity index (χ2v) is 10.0. The first-order valence-corrected chi connectivity index (χ1v) is 14.6. The van der Waals surface area contributed by atoms with Gasteiger partial charge in [-0.15, -0.1) is 0 Å². The number of fused-ring (bicyclic) bond motifs is 1. The molecule has 10 nitrogen and oxygen atoms in total. The van der Waals surface area contributed by atoms with E-state index in [-0.39, 0.29) is 5.91 Å². The molecule has 0 bridgehead atoms. The van der Waals surface area contributed by atoms with Crippen molar-refractivity contribution in [1.29, 1.82) is 0 Å². The minimum absolute atomic E-state index is 0.103. The van der Waals surface area contributed by atoms with E-state index in [4.69, 9.17) is 24.4 Å². The molecule has 2 heterocycles. The zero-order valence-electron chi connectivity index (χ0n) is 24.9. The zero-order chi connectivity index (χ0) is 29.2. The van der Waals surface area contributed by atoms with Crippen molar-refractivity contribution in [2.24, 2.45) is 0 Å². The second-order valence-electron chi connectivity index (χ2n) is 10.0. The molecule has 220 valence electrons. The van der Waals surface area contributed by atoms with Crippen molar-refractivity contribution in [3.8, 4) is 11.5 Å². The molecule has 5 rings (SSSR count). The lowest BCUT2D eigenvalue weighted by Crippen LogP contribution is -2.33. The molecule has 1 aliphatic heterocycles. The summed E-state index contributed by atoms with van der Waals surface area (Å²) in [6.07, 6.45) is 6.84. The molecule has 1 fully saturated rings. The molecule has 1 aromatic heterocycles. The Morgan fingerprint density at radius 3 is 2.24 bits per heavy atom. The maximum absolute atomic E-state index is 11.9. The van der Waals surface area contributed by atoms with Crippen LogP contribution in [-0.2, 0) is 19.5 Å². The van der Waals surface area contributed by atoms with Crippen LogP contribution in [0.5, 0.6) is 11.5 Å². The molecule has 2 aliphatic rings. The average Bonchev–Trinajstić information content (AvgIpc) is 3.04. The number of methoxy groups -OCH3 is 2. The highest BCUT2D eigenvalue weighted by Gasteiger charge is 2.23. The number of nitrogens with one attached hydrogen (secondary N) is 3. The smallest absolute Gasteiger partial charge is 0.251 e. The van der Waals surface area contributed by atoms with Crippen molar-refractivity contribution >= 4 is 23.8 Å². The number of hydrogen-bond donors (Lipinski definition) is 3. The van der Waals surface area contributed by atoms with Crippen molar-refractivity contribution in [2.45, 2.75) is 71.5 Å². The predicted molar refractivity (Wildman–Crippen MR) is 163 cm³/mol. The van der Waals surface area contributed by atoms with Crippen LogP contribution in [0.25, 0.3) is 0 Å².